The highest BCUT2D eigenvalue weighted by molar-refractivity contribution is 6.28. The van der Waals surface area contributed by atoms with E-state index < -0.39 is 5.82 Å². The van der Waals surface area contributed by atoms with Crippen LogP contribution in [0.5, 0.6) is 0 Å². The van der Waals surface area contributed by atoms with Gasteiger partial charge in [-0.25, -0.2) is 9.37 Å². The molecule has 2 aromatic heterocycles. The lowest BCUT2D eigenvalue weighted by Crippen LogP contribution is -2.44. The Morgan fingerprint density at radius 1 is 1.26 bits per heavy atom. The molecule has 4 rings (SSSR count). The van der Waals surface area contributed by atoms with Crippen molar-refractivity contribution in [3.05, 3.63) is 47.0 Å². The van der Waals surface area contributed by atoms with Gasteiger partial charge in [-0.1, -0.05) is 0 Å². The summed E-state index contributed by atoms with van der Waals surface area (Å²) < 4.78 is 19.2. The monoisotopic (exact) mass is 388 g/mol. The Balaban J connectivity index is 1.81. The van der Waals surface area contributed by atoms with E-state index >= 15 is 0 Å². The first-order valence-electron chi connectivity index (χ1n) is 8.65. The molecule has 1 atom stereocenters. The number of hydrogen-bond acceptors (Lipinski definition) is 6. The van der Waals surface area contributed by atoms with Gasteiger partial charge in [0, 0.05) is 17.7 Å². The van der Waals surface area contributed by atoms with Crippen molar-refractivity contribution < 1.29 is 14.2 Å². The first-order chi connectivity index (χ1) is 13.1. The third-order valence-electron chi connectivity index (χ3n) is 4.66. The van der Waals surface area contributed by atoms with E-state index in [0.717, 1.165) is 11.2 Å². The fourth-order valence-electron chi connectivity index (χ4n) is 3.24. The Labute approximate surface area is 160 Å². The number of aliphatic hydroxyl groups excluding tert-OH is 1. The largest absolute Gasteiger partial charge is 0.392 e. The van der Waals surface area contributed by atoms with Crippen LogP contribution < -0.4 is 4.90 Å². The number of aliphatic hydroxyl groups is 1. The van der Waals surface area contributed by atoms with E-state index in [-0.39, 0.29) is 23.5 Å². The third kappa shape index (κ3) is 3.45. The van der Waals surface area contributed by atoms with Gasteiger partial charge in [-0.2, -0.15) is 9.97 Å². The molecule has 8 heteroatoms. The van der Waals surface area contributed by atoms with Crippen LogP contribution in [-0.2, 0) is 11.3 Å². The number of anilines is 1. The van der Waals surface area contributed by atoms with E-state index in [0.29, 0.717) is 36.7 Å². The predicted octanol–water partition coefficient (Wildman–Crippen LogP) is 3.20. The molecule has 3 heterocycles. The summed E-state index contributed by atoms with van der Waals surface area (Å²) >= 11 is 6.15. The van der Waals surface area contributed by atoms with E-state index in [1.165, 1.54) is 6.07 Å². The van der Waals surface area contributed by atoms with Crippen molar-refractivity contribution in [3.8, 4) is 11.3 Å². The quantitative estimate of drug-likeness (QED) is 0.695. The summed E-state index contributed by atoms with van der Waals surface area (Å²) in [5.41, 5.74) is 2.00. The van der Waals surface area contributed by atoms with Crippen LogP contribution in [0.2, 0.25) is 5.28 Å². The standard InChI is InChI=1S/C19H18ClFN4O2/c1-11-10-27-7-6-25(11)18-14-3-5-16(22-17(14)23-19(20)24-18)12-2-4-15(21)13(8-12)9-26/h2-5,8,11,26H,6-7,9-10H2,1H3. The Morgan fingerprint density at radius 2 is 2.11 bits per heavy atom. The molecule has 0 spiro atoms. The molecule has 27 heavy (non-hydrogen) atoms. The van der Waals surface area contributed by atoms with Crippen LogP contribution in [0, 0.1) is 5.82 Å². The Kier molecular flexibility index (Phi) is 4.90. The number of ether oxygens (including phenoxy) is 1. The van der Waals surface area contributed by atoms with Crippen LogP contribution in [-0.4, -0.2) is 45.9 Å². The van der Waals surface area contributed by atoms with Gasteiger partial charge in [0.2, 0.25) is 5.28 Å². The number of hydrogen-bond donors (Lipinski definition) is 1. The van der Waals surface area contributed by atoms with E-state index in [1.54, 1.807) is 12.1 Å². The third-order valence-corrected chi connectivity index (χ3v) is 4.83. The average molecular weight is 389 g/mol. The summed E-state index contributed by atoms with van der Waals surface area (Å²) in [6.45, 7) is 3.65. The zero-order valence-electron chi connectivity index (χ0n) is 14.7. The number of nitrogens with zero attached hydrogens (tertiary/aromatic N) is 4. The molecular formula is C19H18ClFN4O2. The number of benzene rings is 1. The normalized spacial score (nSPS) is 17.5. The Bertz CT molecular complexity index is 1000. The lowest BCUT2D eigenvalue weighted by molar-refractivity contribution is 0.0987. The van der Waals surface area contributed by atoms with Gasteiger partial charge < -0.3 is 14.7 Å². The number of rotatable bonds is 3. The van der Waals surface area contributed by atoms with E-state index in [2.05, 4.69) is 26.8 Å². The maximum absolute atomic E-state index is 13.7. The molecular weight excluding hydrogens is 371 g/mol. The minimum Gasteiger partial charge on any atom is -0.392 e. The van der Waals surface area contributed by atoms with Gasteiger partial charge in [0.15, 0.2) is 5.65 Å². The topological polar surface area (TPSA) is 71.4 Å². The van der Waals surface area contributed by atoms with Gasteiger partial charge in [-0.05, 0) is 48.9 Å². The van der Waals surface area contributed by atoms with Crippen molar-refractivity contribution in [2.24, 2.45) is 0 Å². The average Bonchev–Trinajstić information content (AvgIpc) is 2.67. The summed E-state index contributed by atoms with van der Waals surface area (Å²) in [6.07, 6.45) is 0. The first-order valence-corrected chi connectivity index (χ1v) is 9.03. The molecule has 1 aliphatic heterocycles. The van der Waals surface area contributed by atoms with E-state index in [9.17, 15) is 9.50 Å². The van der Waals surface area contributed by atoms with Crippen LogP contribution in [0.3, 0.4) is 0 Å². The highest BCUT2D eigenvalue weighted by Crippen LogP contribution is 2.29. The summed E-state index contributed by atoms with van der Waals surface area (Å²) in [5.74, 6) is 0.283. The van der Waals surface area contributed by atoms with Crippen LogP contribution in [0.4, 0.5) is 10.2 Å². The lowest BCUT2D eigenvalue weighted by atomic mass is 10.1. The predicted molar refractivity (Wildman–Crippen MR) is 101 cm³/mol. The fraction of sp³-hybridized carbons (Fsp3) is 0.316. The van der Waals surface area contributed by atoms with E-state index in [1.807, 2.05) is 12.1 Å². The molecule has 0 bridgehead atoms. The summed E-state index contributed by atoms with van der Waals surface area (Å²) in [5, 5.41) is 10.2. The second-order valence-corrected chi connectivity index (χ2v) is 6.80. The molecule has 140 valence electrons. The van der Waals surface area contributed by atoms with E-state index in [4.69, 9.17) is 16.3 Å². The van der Waals surface area contributed by atoms with Gasteiger partial charge in [-0.3, -0.25) is 0 Å². The Morgan fingerprint density at radius 3 is 2.89 bits per heavy atom. The minimum absolute atomic E-state index is 0.121. The van der Waals surface area contributed by atoms with Crippen molar-refractivity contribution in [1.29, 1.82) is 0 Å². The number of halogens is 2. The summed E-state index contributed by atoms with van der Waals surface area (Å²) in [7, 11) is 0. The van der Waals surface area contributed by atoms with Gasteiger partial charge in [-0.15, -0.1) is 0 Å². The lowest BCUT2D eigenvalue weighted by Gasteiger charge is -2.34. The Hall–Kier alpha value is -2.35. The van der Waals surface area contributed by atoms with Crippen LogP contribution in [0.15, 0.2) is 30.3 Å². The minimum atomic E-state index is -0.448. The number of aromatic nitrogens is 3. The van der Waals surface area contributed by atoms with Crippen molar-refractivity contribution in [2.45, 2.75) is 19.6 Å². The van der Waals surface area contributed by atoms with Crippen LogP contribution >= 0.6 is 11.6 Å². The molecule has 3 aromatic rings. The van der Waals surface area contributed by atoms with Crippen LogP contribution in [0.25, 0.3) is 22.3 Å². The van der Waals surface area contributed by atoms with Crippen molar-refractivity contribution >= 4 is 28.5 Å². The number of fused-ring (bicyclic) bond motifs is 1. The molecule has 1 N–H and O–H groups in total. The zero-order chi connectivity index (χ0) is 19.0. The molecule has 0 aliphatic carbocycles. The molecule has 6 nitrogen and oxygen atoms in total. The maximum Gasteiger partial charge on any atom is 0.226 e. The second kappa shape index (κ2) is 7.34. The molecule has 1 aliphatic rings. The fourth-order valence-corrected chi connectivity index (χ4v) is 3.41. The first kappa shape index (κ1) is 18.0. The van der Waals surface area contributed by atoms with Crippen molar-refractivity contribution in [1.82, 2.24) is 15.0 Å². The molecule has 1 fully saturated rings. The molecule has 1 saturated heterocycles. The molecule has 0 radical (unpaired) electrons. The molecule has 1 unspecified atom stereocenters. The molecule has 0 amide bonds. The smallest absolute Gasteiger partial charge is 0.226 e. The number of pyridine rings is 1. The van der Waals surface area contributed by atoms with Gasteiger partial charge in [0.1, 0.15) is 11.6 Å². The van der Waals surface area contributed by atoms with Crippen LogP contribution in [0.1, 0.15) is 12.5 Å². The number of morpholine rings is 1. The summed E-state index contributed by atoms with van der Waals surface area (Å²) in [4.78, 5) is 15.4. The van der Waals surface area contributed by atoms with Gasteiger partial charge in [0.05, 0.1) is 36.9 Å². The highest BCUT2D eigenvalue weighted by Gasteiger charge is 2.23. The molecule has 0 saturated carbocycles. The molecule has 1 aromatic carbocycles. The SMILES string of the molecule is CC1COCCN1c1nc(Cl)nc2nc(-c3ccc(F)c(CO)c3)ccc12. The zero-order valence-corrected chi connectivity index (χ0v) is 15.4. The van der Waals surface area contributed by atoms with Crippen molar-refractivity contribution in [3.63, 3.8) is 0 Å². The maximum atomic E-state index is 13.7. The second-order valence-electron chi connectivity index (χ2n) is 6.47. The highest BCUT2D eigenvalue weighted by atomic mass is 35.5. The van der Waals surface area contributed by atoms with Gasteiger partial charge in [0.25, 0.3) is 0 Å². The summed E-state index contributed by atoms with van der Waals surface area (Å²) in [6, 6.07) is 8.42. The van der Waals surface area contributed by atoms with Gasteiger partial charge >= 0.3 is 0 Å². The van der Waals surface area contributed by atoms with Crippen molar-refractivity contribution in [2.75, 3.05) is 24.7 Å².